The molecule has 0 saturated heterocycles. The smallest absolute Gasteiger partial charge is 0.220 e. The number of aromatic nitrogens is 1. The molecule has 0 atom stereocenters. The van der Waals surface area contributed by atoms with Gasteiger partial charge in [-0.2, -0.15) is 0 Å². The minimum Gasteiger partial charge on any atom is -0.457 e. The zero-order valence-corrected chi connectivity index (χ0v) is 15.8. The second-order valence-corrected chi connectivity index (χ2v) is 6.67. The lowest BCUT2D eigenvalue weighted by Gasteiger charge is -2.08. The Labute approximate surface area is 160 Å². The van der Waals surface area contributed by atoms with Gasteiger partial charge in [0, 0.05) is 24.5 Å². The third-order valence-corrected chi connectivity index (χ3v) is 4.43. The lowest BCUT2D eigenvalue weighted by molar-refractivity contribution is -0.121. The zero-order valence-electron chi connectivity index (χ0n) is 15.8. The Morgan fingerprint density at radius 1 is 1.04 bits per heavy atom. The van der Waals surface area contributed by atoms with E-state index in [4.69, 9.17) is 4.74 Å². The van der Waals surface area contributed by atoms with Crippen molar-refractivity contribution in [2.24, 2.45) is 0 Å². The Kier molecular flexibility index (Phi) is 6.80. The van der Waals surface area contributed by atoms with Crippen LogP contribution in [0.15, 0.2) is 60.8 Å². The molecule has 1 heterocycles. The van der Waals surface area contributed by atoms with Crippen LogP contribution in [-0.4, -0.2) is 17.4 Å². The Morgan fingerprint density at radius 2 is 1.89 bits per heavy atom. The topological polar surface area (TPSA) is 51.2 Å². The van der Waals surface area contributed by atoms with Crippen molar-refractivity contribution in [3.8, 4) is 11.5 Å². The second-order valence-electron chi connectivity index (χ2n) is 6.67. The van der Waals surface area contributed by atoms with Gasteiger partial charge in [0.2, 0.25) is 5.91 Å². The van der Waals surface area contributed by atoms with Crippen molar-refractivity contribution in [1.82, 2.24) is 10.3 Å². The van der Waals surface area contributed by atoms with E-state index in [0.717, 1.165) is 53.8 Å². The van der Waals surface area contributed by atoms with Crippen LogP contribution < -0.4 is 10.1 Å². The predicted molar refractivity (Wildman–Crippen MR) is 109 cm³/mol. The van der Waals surface area contributed by atoms with Crippen molar-refractivity contribution < 1.29 is 9.53 Å². The first-order valence-corrected chi connectivity index (χ1v) is 9.63. The van der Waals surface area contributed by atoms with E-state index < -0.39 is 0 Å². The maximum Gasteiger partial charge on any atom is 0.220 e. The molecule has 0 bridgehead atoms. The van der Waals surface area contributed by atoms with Gasteiger partial charge < -0.3 is 10.1 Å². The fraction of sp³-hybridized carbons (Fsp3) is 0.304. The number of rotatable bonds is 9. The highest BCUT2D eigenvalue weighted by Crippen LogP contribution is 2.25. The van der Waals surface area contributed by atoms with Gasteiger partial charge in [-0.1, -0.05) is 38.0 Å². The fourth-order valence-electron chi connectivity index (χ4n) is 2.93. The van der Waals surface area contributed by atoms with E-state index in [9.17, 15) is 4.79 Å². The molecule has 0 saturated carbocycles. The summed E-state index contributed by atoms with van der Waals surface area (Å²) in [5, 5.41) is 4.00. The molecular formula is C23H26N2O2. The Bertz CT molecular complexity index is 878. The molecule has 0 unspecified atom stereocenters. The molecule has 27 heavy (non-hydrogen) atoms. The number of para-hydroxylation sites is 1. The number of fused-ring (bicyclic) bond motifs is 1. The minimum absolute atomic E-state index is 0.104. The molecule has 140 valence electrons. The van der Waals surface area contributed by atoms with Crippen molar-refractivity contribution in [2.75, 3.05) is 6.54 Å². The van der Waals surface area contributed by atoms with Gasteiger partial charge in [0.25, 0.3) is 0 Å². The highest BCUT2D eigenvalue weighted by Gasteiger charge is 2.05. The van der Waals surface area contributed by atoms with E-state index >= 15 is 0 Å². The first kappa shape index (κ1) is 18.9. The minimum atomic E-state index is 0.104. The maximum absolute atomic E-state index is 11.9. The number of nitrogens with one attached hydrogen (secondary N) is 1. The number of benzene rings is 2. The van der Waals surface area contributed by atoms with Crippen molar-refractivity contribution in [3.05, 3.63) is 66.4 Å². The van der Waals surface area contributed by atoms with Gasteiger partial charge in [0.1, 0.15) is 11.5 Å². The van der Waals surface area contributed by atoms with Crippen LogP contribution in [0.25, 0.3) is 10.9 Å². The summed E-state index contributed by atoms with van der Waals surface area (Å²) in [6.07, 6.45) is 6.39. The van der Waals surface area contributed by atoms with Gasteiger partial charge >= 0.3 is 0 Å². The summed E-state index contributed by atoms with van der Waals surface area (Å²) in [6, 6.07) is 17.7. The maximum atomic E-state index is 11.9. The predicted octanol–water partition coefficient (Wildman–Crippen LogP) is 5.27. The Hall–Kier alpha value is -2.88. The van der Waals surface area contributed by atoms with Crippen LogP contribution >= 0.6 is 0 Å². The van der Waals surface area contributed by atoms with Crippen LogP contribution in [-0.2, 0) is 11.2 Å². The zero-order chi connectivity index (χ0) is 18.9. The molecule has 3 rings (SSSR count). The standard InChI is InChI=1S/C23H26N2O2/c1-2-3-7-14-24-23(26)13-10-18-15-19-16-21(11-12-22(19)25-17-18)27-20-8-5-4-6-9-20/h4-6,8-9,11-12,15-17H,2-3,7,10,13-14H2,1H3,(H,24,26). The lowest BCUT2D eigenvalue weighted by Crippen LogP contribution is -2.24. The Morgan fingerprint density at radius 3 is 2.70 bits per heavy atom. The van der Waals surface area contributed by atoms with Gasteiger partial charge in [0.15, 0.2) is 0 Å². The number of unbranched alkanes of at least 4 members (excludes halogenated alkanes) is 2. The third kappa shape index (κ3) is 5.81. The van der Waals surface area contributed by atoms with Crippen molar-refractivity contribution in [1.29, 1.82) is 0 Å². The quantitative estimate of drug-likeness (QED) is 0.528. The average molecular weight is 362 g/mol. The highest BCUT2D eigenvalue weighted by molar-refractivity contribution is 5.81. The van der Waals surface area contributed by atoms with Crippen LogP contribution in [0.1, 0.15) is 38.2 Å². The molecule has 2 aromatic carbocycles. The summed E-state index contributed by atoms with van der Waals surface area (Å²) in [7, 11) is 0. The summed E-state index contributed by atoms with van der Waals surface area (Å²) in [5.41, 5.74) is 1.98. The lowest BCUT2D eigenvalue weighted by atomic mass is 10.1. The first-order chi connectivity index (χ1) is 13.2. The van der Waals surface area contributed by atoms with E-state index in [-0.39, 0.29) is 5.91 Å². The average Bonchev–Trinajstić information content (AvgIpc) is 2.70. The van der Waals surface area contributed by atoms with Gasteiger partial charge in [0.05, 0.1) is 5.52 Å². The SMILES string of the molecule is CCCCCNC(=O)CCc1cnc2ccc(Oc3ccccc3)cc2c1. The molecule has 3 aromatic rings. The summed E-state index contributed by atoms with van der Waals surface area (Å²) < 4.78 is 5.90. The summed E-state index contributed by atoms with van der Waals surface area (Å²) in [4.78, 5) is 16.5. The number of pyridine rings is 1. The van der Waals surface area contributed by atoms with Gasteiger partial charge in [-0.05, 0) is 54.8 Å². The van der Waals surface area contributed by atoms with E-state index in [0.29, 0.717) is 12.8 Å². The molecular weight excluding hydrogens is 336 g/mol. The largest absolute Gasteiger partial charge is 0.457 e. The molecule has 0 radical (unpaired) electrons. The summed E-state index contributed by atoms with van der Waals surface area (Å²) in [5.74, 6) is 1.69. The fourth-order valence-corrected chi connectivity index (χ4v) is 2.93. The van der Waals surface area contributed by atoms with E-state index in [1.54, 1.807) is 0 Å². The first-order valence-electron chi connectivity index (χ1n) is 9.63. The molecule has 0 aliphatic rings. The molecule has 1 amide bonds. The summed E-state index contributed by atoms with van der Waals surface area (Å²) >= 11 is 0. The molecule has 1 aromatic heterocycles. The van der Waals surface area contributed by atoms with E-state index in [1.165, 1.54) is 0 Å². The molecule has 4 heteroatoms. The highest BCUT2D eigenvalue weighted by atomic mass is 16.5. The molecule has 0 aliphatic heterocycles. The molecule has 0 aliphatic carbocycles. The Balaban J connectivity index is 1.61. The number of hydrogen-bond acceptors (Lipinski definition) is 3. The van der Waals surface area contributed by atoms with Crippen LogP contribution in [0, 0.1) is 0 Å². The number of carbonyl (C=O) groups excluding carboxylic acids is 1. The van der Waals surface area contributed by atoms with Crippen LogP contribution in [0.4, 0.5) is 0 Å². The number of carbonyl (C=O) groups is 1. The van der Waals surface area contributed by atoms with Crippen LogP contribution in [0.5, 0.6) is 11.5 Å². The molecule has 4 nitrogen and oxygen atoms in total. The molecule has 0 spiro atoms. The van der Waals surface area contributed by atoms with E-state index in [1.807, 2.05) is 54.7 Å². The van der Waals surface area contributed by atoms with Gasteiger partial charge in [-0.3, -0.25) is 9.78 Å². The molecule has 1 N–H and O–H groups in total. The monoisotopic (exact) mass is 362 g/mol. The number of nitrogens with zero attached hydrogens (tertiary/aromatic N) is 1. The van der Waals surface area contributed by atoms with Gasteiger partial charge in [-0.15, -0.1) is 0 Å². The number of ether oxygens (including phenoxy) is 1. The van der Waals surface area contributed by atoms with Crippen molar-refractivity contribution in [2.45, 2.75) is 39.0 Å². The van der Waals surface area contributed by atoms with E-state index in [2.05, 4.69) is 23.3 Å². The summed E-state index contributed by atoms with van der Waals surface area (Å²) in [6.45, 7) is 2.92. The van der Waals surface area contributed by atoms with Crippen molar-refractivity contribution in [3.63, 3.8) is 0 Å². The van der Waals surface area contributed by atoms with Crippen molar-refractivity contribution >= 4 is 16.8 Å². The van der Waals surface area contributed by atoms with Crippen LogP contribution in [0.2, 0.25) is 0 Å². The normalized spacial score (nSPS) is 10.7. The van der Waals surface area contributed by atoms with Gasteiger partial charge in [-0.25, -0.2) is 0 Å². The number of hydrogen-bond donors (Lipinski definition) is 1. The number of amides is 1. The second kappa shape index (κ2) is 9.72. The van der Waals surface area contributed by atoms with Crippen LogP contribution in [0.3, 0.4) is 0 Å². The number of aryl methyl sites for hydroxylation is 1. The molecule has 0 fully saturated rings. The third-order valence-electron chi connectivity index (χ3n) is 4.43.